The summed E-state index contributed by atoms with van der Waals surface area (Å²) in [7, 11) is 0. The Bertz CT molecular complexity index is 540. The monoisotopic (exact) mass is 288 g/mol. The Kier molecular flexibility index (Phi) is 4.99. The molecule has 1 aliphatic rings. The van der Waals surface area contributed by atoms with Crippen LogP contribution in [0.2, 0.25) is 0 Å². The molecule has 1 saturated heterocycles. The van der Waals surface area contributed by atoms with Gasteiger partial charge in [0.15, 0.2) is 0 Å². The fraction of sp³-hybridized carbons (Fsp3) is 0.529. The molecule has 0 spiro atoms. The molecule has 1 fully saturated rings. The van der Waals surface area contributed by atoms with Gasteiger partial charge >= 0.3 is 0 Å². The predicted octanol–water partition coefficient (Wildman–Crippen LogP) is 2.39. The standard InChI is InChI=1S/C17H24N2O2/c1-4-16(20)18-8-5-9-19(11-10-18)17(21)15-12-13(2)6-7-14(15)3/h6-7,12H,4-5,8-11H2,1-3H3. The summed E-state index contributed by atoms with van der Waals surface area (Å²) in [6.45, 7) is 8.59. The van der Waals surface area contributed by atoms with E-state index in [0.717, 1.165) is 36.2 Å². The molecule has 0 N–H and O–H groups in total. The van der Waals surface area contributed by atoms with Crippen molar-refractivity contribution in [2.75, 3.05) is 26.2 Å². The summed E-state index contributed by atoms with van der Waals surface area (Å²) in [6.07, 6.45) is 1.38. The summed E-state index contributed by atoms with van der Waals surface area (Å²) in [4.78, 5) is 28.2. The lowest BCUT2D eigenvalue weighted by Crippen LogP contribution is -2.37. The highest BCUT2D eigenvalue weighted by molar-refractivity contribution is 5.96. The van der Waals surface area contributed by atoms with Gasteiger partial charge < -0.3 is 9.80 Å². The van der Waals surface area contributed by atoms with Gasteiger partial charge in [0.2, 0.25) is 5.91 Å². The van der Waals surface area contributed by atoms with Crippen LogP contribution in [0, 0.1) is 13.8 Å². The molecule has 1 aromatic carbocycles. The first kappa shape index (κ1) is 15.5. The zero-order valence-electron chi connectivity index (χ0n) is 13.2. The molecule has 1 aliphatic heterocycles. The highest BCUT2D eigenvalue weighted by Crippen LogP contribution is 2.15. The normalized spacial score (nSPS) is 15.8. The fourth-order valence-corrected chi connectivity index (χ4v) is 2.73. The van der Waals surface area contributed by atoms with Crippen LogP contribution in [0.4, 0.5) is 0 Å². The number of amides is 2. The van der Waals surface area contributed by atoms with E-state index in [4.69, 9.17) is 0 Å². The first-order valence-corrected chi connectivity index (χ1v) is 7.67. The van der Waals surface area contributed by atoms with Crippen LogP contribution >= 0.6 is 0 Å². The zero-order valence-corrected chi connectivity index (χ0v) is 13.2. The van der Waals surface area contributed by atoms with Gasteiger partial charge in [-0.1, -0.05) is 24.6 Å². The van der Waals surface area contributed by atoms with Crippen LogP contribution in [0.15, 0.2) is 18.2 Å². The minimum Gasteiger partial charge on any atom is -0.341 e. The number of rotatable bonds is 2. The Morgan fingerprint density at radius 2 is 1.71 bits per heavy atom. The van der Waals surface area contributed by atoms with Crippen LogP contribution in [0.3, 0.4) is 0 Å². The molecule has 0 unspecified atom stereocenters. The Labute approximate surface area is 126 Å². The second-order valence-corrected chi connectivity index (χ2v) is 5.70. The maximum Gasteiger partial charge on any atom is 0.254 e. The molecule has 2 amide bonds. The second kappa shape index (κ2) is 6.74. The molecule has 1 heterocycles. The van der Waals surface area contributed by atoms with Crippen LogP contribution in [0.1, 0.15) is 41.3 Å². The lowest BCUT2D eigenvalue weighted by molar-refractivity contribution is -0.130. The average molecular weight is 288 g/mol. The van der Waals surface area contributed by atoms with E-state index in [1.54, 1.807) is 0 Å². The Hall–Kier alpha value is -1.84. The second-order valence-electron chi connectivity index (χ2n) is 5.70. The van der Waals surface area contributed by atoms with Gasteiger partial charge in [-0.25, -0.2) is 0 Å². The van der Waals surface area contributed by atoms with E-state index < -0.39 is 0 Å². The van der Waals surface area contributed by atoms with Gasteiger partial charge in [0.1, 0.15) is 0 Å². The molecule has 0 aliphatic carbocycles. The summed E-state index contributed by atoms with van der Waals surface area (Å²) < 4.78 is 0. The number of aryl methyl sites for hydroxylation is 2. The quantitative estimate of drug-likeness (QED) is 0.838. The molecule has 1 aromatic rings. The number of carbonyl (C=O) groups excluding carboxylic acids is 2. The van der Waals surface area contributed by atoms with Crippen LogP contribution in [0.25, 0.3) is 0 Å². The van der Waals surface area contributed by atoms with Gasteiger partial charge in [-0.3, -0.25) is 9.59 Å². The van der Waals surface area contributed by atoms with Crippen molar-refractivity contribution >= 4 is 11.8 Å². The molecule has 2 rings (SSSR count). The third kappa shape index (κ3) is 3.63. The van der Waals surface area contributed by atoms with E-state index in [9.17, 15) is 9.59 Å². The highest BCUT2D eigenvalue weighted by Gasteiger charge is 2.22. The lowest BCUT2D eigenvalue weighted by Gasteiger charge is -2.22. The summed E-state index contributed by atoms with van der Waals surface area (Å²) in [5.41, 5.74) is 2.89. The van der Waals surface area contributed by atoms with Gasteiger partial charge in [0.25, 0.3) is 5.91 Å². The van der Waals surface area contributed by atoms with Crippen molar-refractivity contribution in [3.8, 4) is 0 Å². The van der Waals surface area contributed by atoms with Crippen LogP contribution in [0.5, 0.6) is 0 Å². The van der Waals surface area contributed by atoms with Crippen molar-refractivity contribution in [3.05, 3.63) is 34.9 Å². The number of benzene rings is 1. The van der Waals surface area contributed by atoms with Crippen LogP contribution in [-0.2, 0) is 4.79 Å². The zero-order chi connectivity index (χ0) is 15.4. The number of hydrogen-bond acceptors (Lipinski definition) is 2. The van der Waals surface area contributed by atoms with Crippen molar-refractivity contribution in [2.45, 2.75) is 33.6 Å². The molecule has 0 saturated carbocycles. The summed E-state index contributed by atoms with van der Waals surface area (Å²) >= 11 is 0. The van der Waals surface area contributed by atoms with Crippen molar-refractivity contribution < 1.29 is 9.59 Å². The van der Waals surface area contributed by atoms with E-state index in [1.165, 1.54) is 0 Å². The molecule has 4 nitrogen and oxygen atoms in total. The van der Waals surface area contributed by atoms with Crippen molar-refractivity contribution in [1.29, 1.82) is 0 Å². The van der Waals surface area contributed by atoms with E-state index >= 15 is 0 Å². The molecular weight excluding hydrogens is 264 g/mol. The van der Waals surface area contributed by atoms with E-state index in [0.29, 0.717) is 19.5 Å². The average Bonchev–Trinajstić information content (AvgIpc) is 2.74. The Balaban J connectivity index is 2.10. The molecule has 0 bridgehead atoms. The third-order valence-corrected chi connectivity index (χ3v) is 4.06. The van der Waals surface area contributed by atoms with Crippen LogP contribution < -0.4 is 0 Å². The van der Waals surface area contributed by atoms with Crippen LogP contribution in [-0.4, -0.2) is 47.8 Å². The maximum atomic E-state index is 12.7. The number of nitrogens with zero attached hydrogens (tertiary/aromatic N) is 2. The van der Waals surface area contributed by atoms with E-state index in [2.05, 4.69) is 0 Å². The number of carbonyl (C=O) groups is 2. The van der Waals surface area contributed by atoms with Gasteiger partial charge in [0.05, 0.1) is 0 Å². The largest absolute Gasteiger partial charge is 0.341 e. The van der Waals surface area contributed by atoms with Gasteiger partial charge in [-0.05, 0) is 31.9 Å². The van der Waals surface area contributed by atoms with Crippen molar-refractivity contribution in [1.82, 2.24) is 9.80 Å². The first-order valence-electron chi connectivity index (χ1n) is 7.67. The molecular formula is C17H24N2O2. The molecule has 114 valence electrons. The molecule has 0 aromatic heterocycles. The maximum absolute atomic E-state index is 12.7. The fourth-order valence-electron chi connectivity index (χ4n) is 2.73. The molecule has 0 radical (unpaired) electrons. The van der Waals surface area contributed by atoms with Crippen molar-refractivity contribution in [3.63, 3.8) is 0 Å². The van der Waals surface area contributed by atoms with Gasteiger partial charge in [-0.2, -0.15) is 0 Å². The lowest BCUT2D eigenvalue weighted by atomic mass is 10.0. The third-order valence-electron chi connectivity index (χ3n) is 4.06. The molecule has 21 heavy (non-hydrogen) atoms. The minimum absolute atomic E-state index is 0.0852. The summed E-state index contributed by atoms with van der Waals surface area (Å²) in [5.74, 6) is 0.262. The summed E-state index contributed by atoms with van der Waals surface area (Å²) in [5, 5.41) is 0. The smallest absolute Gasteiger partial charge is 0.254 e. The summed E-state index contributed by atoms with van der Waals surface area (Å²) in [6, 6.07) is 5.97. The topological polar surface area (TPSA) is 40.6 Å². The van der Waals surface area contributed by atoms with E-state index in [1.807, 2.05) is 48.8 Å². The predicted molar refractivity (Wildman–Crippen MR) is 83.3 cm³/mol. The molecule has 0 atom stereocenters. The van der Waals surface area contributed by atoms with Crippen molar-refractivity contribution in [2.24, 2.45) is 0 Å². The number of hydrogen-bond donors (Lipinski definition) is 0. The Morgan fingerprint density at radius 1 is 1.05 bits per heavy atom. The first-order chi connectivity index (χ1) is 10.0. The van der Waals surface area contributed by atoms with Gasteiger partial charge in [-0.15, -0.1) is 0 Å². The minimum atomic E-state index is 0.0852. The Morgan fingerprint density at radius 3 is 2.43 bits per heavy atom. The highest BCUT2D eigenvalue weighted by atomic mass is 16.2. The van der Waals surface area contributed by atoms with E-state index in [-0.39, 0.29) is 11.8 Å². The van der Waals surface area contributed by atoms with Gasteiger partial charge in [0, 0.05) is 38.2 Å². The SMILES string of the molecule is CCC(=O)N1CCCN(C(=O)c2cc(C)ccc2C)CC1. The molecule has 4 heteroatoms.